The highest BCUT2D eigenvalue weighted by Gasteiger charge is 2.09. The standard InChI is InChI=1S/C15H21N3O/c1-4-11-6-7-14(19-3)12(8-11)13-9-17-15(18-13)10-16-5-2/h6-9,16H,4-5,10H2,1-3H3,(H,17,18). The summed E-state index contributed by atoms with van der Waals surface area (Å²) in [6.45, 7) is 5.92. The smallest absolute Gasteiger partial charge is 0.128 e. The number of ether oxygens (including phenoxy) is 1. The monoisotopic (exact) mass is 259 g/mol. The van der Waals surface area contributed by atoms with E-state index in [2.05, 4.69) is 41.3 Å². The van der Waals surface area contributed by atoms with Gasteiger partial charge in [0.2, 0.25) is 0 Å². The first-order valence-electron chi connectivity index (χ1n) is 6.70. The third-order valence-electron chi connectivity index (χ3n) is 3.13. The third kappa shape index (κ3) is 3.15. The molecule has 0 bridgehead atoms. The van der Waals surface area contributed by atoms with Crippen LogP contribution in [0.2, 0.25) is 0 Å². The molecule has 2 aromatic rings. The number of rotatable bonds is 6. The van der Waals surface area contributed by atoms with Gasteiger partial charge in [-0.05, 0) is 30.7 Å². The number of aromatic nitrogens is 2. The molecule has 4 nitrogen and oxygen atoms in total. The van der Waals surface area contributed by atoms with E-state index in [9.17, 15) is 0 Å². The Labute approximate surface area is 114 Å². The first kappa shape index (κ1) is 13.6. The van der Waals surface area contributed by atoms with Crippen LogP contribution in [0.5, 0.6) is 5.75 Å². The highest BCUT2D eigenvalue weighted by Crippen LogP contribution is 2.29. The Balaban J connectivity index is 2.31. The van der Waals surface area contributed by atoms with Crippen LogP contribution in [0.25, 0.3) is 11.3 Å². The van der Waals surface area contributed by atoms with Gasteiger partial charge in [-0.15, -0.1) is 0 Å². The summed E-state index contributed by atoms with van der Waals surface area (Å²) in [6.07, 6.45) is 2.87. The van der Waals surface area contributed by atoms with Gasteiger partial charge in [-0.3, -0.25) is 0 Å². The quantitative estimate of drug-likeness (QED) is 0.838. The zero-order valence-electron chi connectivity index (χ0n) is 11.8. The largest absolute Gasteiger partial charge is 0.496 e. The Kier molecular flexibility index (Phi) is 4.58. The van der Waals surface area contributed by atoms with Crippen LogP contribution in [0.15, 0.2) is 24.4 Å². The number of methoxy groups -OCH3 is 1. The number of hydrogen-bond acceptors (Lipinski definition) is 3. The molecule has 0 saturated heterocycles. The van der Waals surface area contributed by atoms with Crippen molar-refractivity contribution in [2.45, 2.75) is 26.8 Å². The lowest BCUT2D eigenvalue weighted by molar-refractivity contribution is 0.416. The first-order valence-corrected chi connectivity index (χ1v) is 6.70. The predicted octanol–water partition coefficient (Wildman–Crippen LogP) is 2.76. The van der Waals surface area contributed by atoms with Gasteiger partial charge in [0, 0.05) is 5.56 Å². The van der Waals surface area contributed by atoms with Gasteiger partial charge in [0.25, 0.3) is 0 Å². The molecule has 2 N–H and O–H groups in total. The molecule has 0 unspecified atom stereocenters. The molecule has 19 heavy (non-hydrogen) atoms. The van der Waals surface area contributed by atoms with E-state index in [-0.39, 0.29) is 0 Å². The number of hydrogen-bond donors (Lipinski definition) is 2. The lowest BCUT2D eigenvalue weighted by Gasteiger charge is -2.08. The number of nitrogens with one attached hydrogen (secondary N) is 2. The van der Waals surface area contributed by atoms with Crippen LogP contribution >= 0.6 is 0 Å². The van der Waals surface area contributed by atoms with Crippen LogP contribution in [0, 0.1) is 0 Å². The van der Waals surface area contributed by atoms with Crippen molar-refractivity contribution in [1.82, 2.24) is 15.3 Å². The number of benzene rings is 1. The van der Waals surface area contributed by atoms with E-state index in [0.29, 0.717) is 0 Å². The van der Waals surface area contributed by atoms with Gasteiger partial charge < -0.3 is 15.0 Å². The summed E-state index contributed by atoms with van der Waals surface area (Å²) in [4.78, 5) is 7.72. The zero-order valence-corrected chi connectivity index (χ0v) is 11.8. The van der Waals surface area contributed by atoms with E-state index in [0.717, 1.165) is 42.3 Å². The predicted molar refractivity (Wildman–Crippen MR) is 77.3 cm³/mol. The van der Waals surface area contributed by atoms with E-state index in [1.165, 1.54) is 5.56 Å². The molecule has 0 aliphatic heterocycles. The van der Waals surface area contributed by atoms with Crippen molar-refractivity contribution in [1.29, 1.82) is 0 Å². The minimum Gasteiger partial charge on any atom is -0.496 e. The van der Waals surface area contributed by atoms with Crippen molar-refractivity contribution < 1.29 is 4.74 Å². The van der Waals surface area contributed by atoms with Gasteiger partial charge in [-0.1, -0.05) is 19.9 Å². The molecule has 0 radical (unpaired) electrons. The van der Waals surface area contributed by atoms with Crippen molar-refractivity contribution in [3.05, 3.63) is 35.8 Å². The highest BCUT2D eigenvalue weighted by molar-refractivity contribution is 5.67. The van der Waals surface area contributed by atoms with Crippen LogP contribution in [0.4, 0.5) is 0 Å². The minimum absolute atomic E-state index is 0.756. The van der Waals surface area contributed by atoms with Gasteiger partial charge >= 0.3 is 0 Å². The Morgan fingerprint density at radius 1 is 1.32 bits per heavy atom. The molecule has 1 aromatic carbocycles. The zero-order chi connectivity index (χ0) is 13.7. The maximum atomic E-state index is 5.43. The van der Waals surface area contributed by atoms with Crippen LogP contribution in [-0.2, 0) is 13.0 Å². The van der Waals surface area contributed by atoms with Crippen molar-refractivity contribution in [3.8, 4) is 17.0 Å². The molecule has 0 aliphatic carbocycles. The van der Waals surface area contributed by atoms with Gasteiger partial charge in [-0.2, -0.15) is 0 Å². The molecule has 2 rings (SSSR count). The van der Waals surface area contributed by atoms with Crippen molar-refractivity contribution >= 4 is 0 Å². The summed E-state index contributed by atoms with van der Waals surface area (Å²) in [5.41, 5.74) is 3.36. The molecule has 0 aliphatic rings. The molecule has 102 valence electrons. The fourth-order valence-electron chi connectivity index (χ4n) is 2.02. The fourth-order valence-corrected chi connectivity index (χ4v) is 2.02. The minimum atomic E-state index is 0.756. The van der Waals surface area contributed by atoms with Crippen molar-refractivity contribution in [2.24, 2.45) is 0 Å². The summed E-state index contributed by atoms with van der Waals surface area (Å²) < 4.78 is 5.43. The average molecular weight is 259 g/mol. The number of imidazole rings is 1. The Morgan fingerprint density at radius 3 is 2.84 bits per heavy atom. The van der Waals surface area contributed by atoms with E-state index >= 15 is 0 Å². The van der Waals surface area contributed by atoms with E-state index in [1.54, 1.807) is 7.11 Å². The lowest BCUT2D eigenvalue weighted by atomic mass is 10.1. The summed E-state index contributed by atoms with van der Waals surface area (Å²) in [5.74, 6) is 1.82. The van der Waals surface area contributed by atoms with Crippen LogP contribution < -0.4 is 10.1 Å². The Hall–Kier alpha value is -1.81. The van der Waals surface area contributed by atoms with Gasteiger partial charge in [0.1, 0.15) is 11.6 Å². The van der Waals surface area contributed by atoms with Crippen LogP contribution in [0.1, 0.15) is 25.2 Å². The summed E-state index contributed by atoms with van der Waals surface area (Å²) in [7, 11) is 1.69. The second-order valence-electron chi connectivity index (χ2n) is 4.41. The molecular weight excluding hydrogens is 238 g/mol. The van der Waals surface area contributed by atoms with Crippen molar-refractivity contribution in [2.75, 3.05) is 13.7 Å². The van der Waals surface area contributed by atoms with Gasteiger partial charge in [-0.25, -0.2) is 4.98 Å². The maximum absolute atomic E-state index is 5.43. The van der Waals surface area contributed by atoms with Gasteiger partial charge in [0.05, 0.1) is 25.5 Å². The molecule has 0 spiro atoms. The summed E-state index contributed by atoms with van der Waals surface area (Å²) in [5, 5.41) is 3.26. The number of nitrogens with zero attached hydrogens (tertiary/aromatic N) is 1. The topological polar surface area (TPSA) is 49.9 Å². The number of aryl methyl sites for hydroxylation is 1. The van der Waals surface area contributed by atoms with E-state index in [4.69, 9.17) is 4.74 Å². The highest BCUT2D eigenvalue weighted by atomic mass is 16.5. The molecule has 0 atom stereocenters. The normalized spacial score (nSPS) is 10.7. The molecule has 0 amide bonds. The molecule has 0 fully saturated rings. The number of H-pyrrole nitrogens is 1. The molecule has 4 heteroatoms. The molecule has 0 saturated carbocycles. The second-order valence-corrected chi connectivity index (χ2v) is 4.41. The Bertz CT molecular complexity index is 534. The Morgan fingerprint density at radius 2 is 2.16 bits per heavy atom. The van der Waals surface area contributed by atoms with E-state index < -0.39 is 0 Å². The third-order valence-corrected chi connectivity index (χ3v) is 3.13. The lowest BCUT2D eigenvalue weighted by Crippen LogP contribution is -2.12. The second kappa shape index (κ2) is 6.38. The van der Waals surface area contributed by atoms with Crippen LogP contribution in [-0.4, -0.2) is 23.6 Å². The van der Waals surface area contributed by atoms with Crippen LogP contribution in [0.3, 0.4) is 0 Å². The molecular formula is C15H21N3O. The summed E-state index contributed by atoms with van der Waals surface area (Å²) in [6, 6.07) is 6.26. The first-order chi connectivity index (χ1) is 9.28. The molecule has 1 heterocycles. The van der Waals surface area contributed by atoms with Crippen molar-refractivity contribution in [3.63, 3.8) is 0 Å². The average Bonchev–Trinajstić information content (AvgIpc) is 2.93. The SMILES string of the molecule is CCNCc1ncc(-c2cc(CC)ccc2OC)[nH]1. The molecule has 1 aromatic heterocycles. The fraction of sp³-hybridized carbons (Fsp3) is 0.400. The summed E-state index contributed by atoms with van der Waals surface area (Å²) >= 11 is 0. The maximum Gasteiger partial charge on any atom is 0.128 e. The van der Waals surface area contributed by atoms with E-state index in [1.807, 2.05) is 12.3 Å². The van der Waals surface area contributed by atoms with Gasteiger partial charge in [0.15, 0.2) is 0 Å². The number of aromatic amines is 1.